The maximum Gasteiger partial charge on any atom is 0.321 e. The third kappa shape index (κ3) is 3.65. The Kier molecular flexibility index (Phi) is 4.79. The van der Waals surface area contributed by atoms with Crippen LogP contribution < -0.4 is 5.32 Å². The van der Waals surface area contributed by atoms with Crippen molar-refractivity contribution in [2.24, 2.45) is 0 Å². The summed E-state index contributed by atoms with van der Waals surface area (Å²) in [5.41, 5.74) is 1.46. The summed E-state index contributed by atoms with van der Waals surface area (Å²) < 4.78 is 25.5. The lowest BCUT2D eigenvalue weighted by Crippen LogP contribution is -2.50. The second kappa shape index (κ2) is 7.24. The molecule has 1 unspecified atom stereocenters. The van der Waals surface area contributed by atoms with Gasteiger partial charge in [0.1, 0.15) is 0 Å². The van der Waals surface area contributed by atoms with Crippen LogP contribution in [0.15, 0.2) is 35.7 Å². The minimum Gasteiger partial charge on any atom is -0.337 e. The highest BCUT2D eigenvalue weighted by atomic mass is 32.1. The summed E-state index contributed by atoms with van der Waals surface area (Å²) in [4.78, 5) is 24.4. The lowest BCUT2D eigenvalue weighted by molar-refractivity contribution is 0.118. The van der Waals surface area contributed by atoms with Crippen LogP contribution in [0.4, 0.5) is 19.3 Å². The molecule has 1 aliphatic rings. The summed E-state index contributed by atoms with van der Waals surface area (Å²) in [7, 11) is 2.06. The molecule has 0 aliphatic carbocycles. The van der Waals surface area contributed by atoms with Gasteiger partial charge in [-0.3, -0.25) is 4.90 Å². The van der Waals surface area contributed by atoms with Gasteiger partial charge in [0.15, 0.2) is 5.82 Å². The Balaban J connectivity index is 1.47. The molecular formula is C18H19F2N5OS. The summed E-state index contributed by atoms with van der Waals surface area (Å²) in [5.74, 6) is -0.369. The molecule has 0 radical (unpaired) electrons. The SMILES string of the molecule is CN1CCN(C(=O)Nc2ccc3nc(C(F)F)[nH]c3c2)CC1c1cccs1. The van der Waals surface area contributed by atoms with Gasteiger partial charge in [0.25, 0.3) is 6.43 Å². The highest BCUT2D eigenvalue weighted by molar-refractivity contribution is 7.10. The molecule has 2 N–H and O–H groups in total. The zero-order valence-corrected chi connectivity index (χ0v) is 15.5. The van der Waals surface area contributed by atoms with E-state index in [1.807, 2.05) is 11.4 Å². The van der Waals surface area contributed by atoms with Crippen LogP contribution in [0.2, 0.25) is 0 Å². The molecule has 1 fully saturated rings. The molecule has 2 aromatic heterocycles. The van der Waals surface area contributed by atoms with Crippen molar-refractivity contribution in [3.05, 3.63) is 46.4 Å². The number of carbonyl (C=O) groups is 1. The van der Waals surface area contributed by atoms with Crippen LogP contribution in [0.5, 0.6) is 0 Å². The summed E-state index contributed by atoms with van der Waals surface area (Å²) in [6.07, 6.45) is -2.66. The average Bonchev–Trinajstić information content (AvgIpc) is 3.31. The van der Waals surface area contributed by atoms with Crippen LogP contribution in [0.25, 0.3) is 11.0 Å². The zero-order chi connectivity index (χ0) is 19.0. The van der Waals surface area contributed by atoms with Crippen LogP contribution in [-0.2, 0) is 0 Å². The fourth-order valence-electron chi connectivity index (χ4n) is 3.26. The summed E-state index contributed by atoms with van der Waals surface area (Å²) in [6, 6.07) is 8.99. The highest BCUT2D eigenvalue weighted by Gasteiger charge is 2.29. The van der Waals surface area contributed by atoms with Crippen molar-refractivity contribution >= 4 is 34.1 Å². The lowest BCUT2D eigenvalue weighted by atomic mass is 10.1. The lowest BCUT2D eigenvalue weighted by Gasteiger charge is -2.39. The van der Waals surface area contributed by atoms with Gasteiger partial charge >= 0.3 is 6.03 Å². The monoisotopic (exact) mass is 391 g/mol. The number of thiophene rings is 1. The number of aromatic amines is 1. The number of urea groups is 1. The second-order valence-corrected chi connectivity index (χ2v) is 7.52. The van der Waals surface area contributed by atoms with Crippen molar-refractivity contribution in [2.75, 3.05) is 32.0 Å². The predicted molar refractivity (Wildman–Crippen MR) is 101 cm³/mol. The van der Waals surface area contributed by atoms with Gasteiger partial charge in [-0.2, -0.15) is 0 Å². The molecule has 1 aromatic carbocycles. The Hall–Kier alpha value is -2.52. The third-order valence-corrected chi connectivity index (χ3v) is 5.74. The topological polar surface area (TPSA) is 64.3 Å². The van der Waals surface area contributed by atoms with Gasteiger partial charge in [-0.15, -0.1) is 11.3 Å². The van der Waals surface area contributed by atoms with Gasteiger partial charge in [0.2, 0.25) is 0 Å². The van der Waals surface area contributed by atoms with E-state index < -0.39 is 6.43 Å². The number of hydrogen-bond acceptors (Lipinski definition) is 4. The molecule has 4 rings (SSSR count). The summed E-state index contributed by atoms with van der Waals surface area (Å²) in [6.45, 7) is 2.02. The van der Waals surface area contributed by atoms with E-state index in [9.17, 15) is 13.6 Å². The number of anilines is 1. The van der Waals surface area contributed by atoms with E-state index in [4.69, 9.17) is 0 Å². The Morgan fingerprint density at radius 1 is 1.37 bits per heavy atom. The first-order valence-corrected chi connectivity index (χ1v) is 9.46. The number of benzene rings is 1. The molecule has 1 atom stereocenters. The fourth-order valence-corrected chi connectivity index (χ4v) is 4.14. The van der Waals surface area contributed by atoms with Gasteiger partial charge in [0, 0.05) is 30.2 Å². The summed E-state index contributed by atoms with van der Waals surface area (Å²) >= 11 is 1.68. The Morgan fingerprint density at radius 2 is 2.22 bits per heavy atom. The van der Waals surface area contributed by atoms with E-state index in [1.165, 1.54) is 4.88 Å². The van der Waals surface area contributed by atoms with Crippen LogP contribution in [0.1, 0.15) is 23.2 Å². The quantitative estimate of drug-likeness (QED) is 0.707. The Bertz CT molecular complexity index is 943. The molecule has 0 spiro atoms. The van der Waals surface area contributed by atoms with Crippen molar-refractivity contribution < 1.29 is 13.6 Å². The molecule has 3 heterocycles. The number of alkyl halides is 2. The first kappa shape index (κ1) is 17.9. The predicted octanol–water partition coefficient (Wildman–Crippen LogP) is 4.08. The molecule has 0 bridgehead atoms. The van der Waals surface area contributed by atoms with Crippen molar-refractivity contribution in [1.82, 2.24) is 19.8 Å². The van der Waals surface area contributed by atoms with Gasteiger partial charge in [-0.05, 0) is 36.7 Å². The number of nitrogens with zero attached hydrogens (tertiary/aromatic N) is 3. The molecule has 1 saturated heterocycles. The smallest absolute Gasteiger partial charge is 0.321 e. The Labute approximate surface area is 158 Å². The van der Waals surface area contributed by atoms with E-state index in [2.05, 4.69) is 33.3 Å². The van der Waals surface area contributed by atoms with Crippen molar-refractivity contribution in [1.29, 1.82) is 0 Å². The standard InChI is InChI=1S/C18H19F2N5OS/c1-24-6-7-25(10-14(24)15-3-2-8-27-15)18(26)21-11-4-5-12-13(9-11)23-17(22-12)16(19)20/h2-5,8-9,14,16H,6-7,10H2,1H3,(H,21,26)(H,22,23). The normalized spacial score (nSPS) is 18.4. The molecule has 27 heavy (non-hydrogen) atoms. The number of amides is 2. The molecule has 3 aromatic rings. The maximum atomic E-state index is 12.8. The first-order chi connectivity index (χ1) is 13.0. The minimum absolute atomic E-state index is 0.174. The van der Waals surface area contributed by atoms with E-state index in [1.54, 1.807) is 34.4 Å². The maximum absolute atomic E-state index is 12.8. The number of H-pyrrole nitrogens is 1. The fraction of sp³-hybridized carbons (Fsp3) is 0.333. The van der Waals surface area contributed by atoms with Gasteiger partial charge in [0.05, 0.1) is 17.1 Å². The number of carbonyl (C=O) groups excluding carboxylic acids is 1. The van der Waals surface area contributed by atoms with Crippen molar-refractivity contribution in [2.45, 2.75) is 12.5 Å². The number of aromatic nitrogens is 2. The number of rotatable bonds is 3. The minimum atomic E-state index is -2.66. The Morgan fingerprint density at radius 3 is 2.96 bits per heavy atom. The third-order valence-electron chi connectivity index (χ3n) is 4.76. The number of nitrogens with one attached hydrogen (secondary N) is 2. The number of imidazole rings is 1. The summed E-state index contributed by atoms with van der Waals surface area (Å²) in [5, 5.41) is 4.90. The van der Waals surface area contributed by atoms with E-state index >= 15 is 0 Å². The van der Waals surface area contributed by atoms with E-state index in [-0.39, 0.29) is 17.9 Å². The average molecular weight is 391 g/mol. The molecular weight excluding hydrogens is 372 g/mol. The van der Waals surface area contributed by atoms with E-state index in [0.29, 0.717) is 29.8 Å². The van der Waals surface area contributed by atoms with Crippen LogP contribution >= 0.6 is 11.3 Å². The van der Waals surface area contributed by atoms with Crippen molar-refractivity contribution in [3.8, 4) is 0 Å². The van der Waals surface area contributed by atoms with Crippen molar-refractivity contribution in [3.63, 3.8) is 0 Å². The molecule has 9 heteroatoms. The molecule has 142 valence electrons. The van der Waals surface area contributed by atoms with Gasteiger partial charge in [-0.1, -0.05) is 6.07 Å². The van der Waals surface area contributed by atoms with Gasteiger partial charge < -0.3 is 15.2 Å². The van der Waals surface area contributed by atoms with Crippen LogP contribution in [0, 0.1) is 0 Å². The number of likely N-dealkylation sites (N-methyl/N-ethyl adjacent to an activating group) is 1. The largest absolute Gasteiger partial charge is 0.337 e. The number of piperazine rings is 1. The molecule has 0 saturated carbocycles. The second-order valence-electron chi connectivity index (χ2n) is 6.54. The van der Waals surface area contributed by atoms with Crippen LogP contribution in [-0.4, -0.2) is 52.5 Å². The highest BCUT2D eigenvalue weighted by Crippen LogP contribution is 2.28. The number of halogens is 2. The first-order valence-electron chi connectivity index (χ1n) is 8.58. The number of hydrogen-bond donors (Lipinski definition) is 2. The number of fused-ring (bicyclic) bond motifs is 1. The molecule has 1 aliphatic heterocycles. The zero-order valence-electron chi connectivity index (χ0n) is 14.7. The van der Waals surface area contributed by atoms with Gasteiger partial charge in [-0.25, -0.2) is 18.6 Å². The molecule has 6 nitrogen and oxygen atoms in total. The van der Waals surface area contributed by atoms with Crippen LogP contribution in [0.3, 0.4) is 0 Å². The molecule has 2 amide bonds. The van der Waals surface area contributed by atoms with E-state index in [0.717, 1.165) is 6.54 Å².